The summed E-state index contributed by atoms with van der Waals surface area (Å²) in [7, 11) is 0. The Bertz CT molecular complexity index is 204. The molecule has 2 bridgehead atoms. The summed E-state index contributed by atoms with van der Waals surface area (Å²) in [5.41, 5.74) is -0.626. The summed E-state index contributed by atoms with van der Waals surface area (Å²) < 4.78 is 5.61. The first-order valence-electron chi connectivity index (χ1n) is 4.53. The van der Waals surface area contributed by atoms with Gasteiger partial charge in [0, 0.05) is 19.3 Å². The van der Waals surface area contributed by atoms with Gasteiger partial charge in [0.05, 0.1) is 17.8 Å². The smallest absolute Gasteiger partial charge is 0.0805 e. The average molecular weight is 166 g/mol. The molecule has 0 radical (unpaired) electrons. The van der Waals surface area contributed by atoms with Crippen molar-refractivity contribution in [2.75, 3.05) is 0 Å². The monoisotopic (exact) mass is 166 g/mol. The Hall–Kier alpha value is -0.520. The lowest BCUT2D eigenvalue weighted by Crippen LogP contribution is -2.40. The predicted octanol–water partition coefficient (Wildman–Crippen LogP) is 1.08. The predicted molar refractivity (Wildman–Crippen MR) is 45.5 cm³/mol. The highest BCUT2D eigenvalue weighted by atomic mass is 16.5. The van der Waals surface area contributed by atoms with E-state index in [2.05, 4.69) is 5.92 Å². The Balaban J connectivity index is 2.06. The SMILES string of the molecule is C#CCC1(O)CC2CCC(C1)O2. The molecule has 2 aliphatic heterocycles. The van der Waals surface area contributed by atoms with Gasteiger partial charge in [-0.15, -0.1) is 12.3 Å². The molecule has 1 N–H and O–H groups in total. The molecule has 2 saturated heterocycles. The van der Waals surface area contributed by atoms with Crippen molar-refractivity contribution in [1.82, 2.24) is 0 Å². The first-order chi connectivity index (χ1) is 5.72. The van der Waals surface area contributed by atoms with E-state index >= 15 is 0 Å². The van der Waals surface area contributed by atoms with Crippen LogP contribution in [-0.4, -0.2) is 22.9 Å². The minimum absolute atomic E-state index is 0.266. The molecule has 2 heterocycles. The molecule has 12 heavy (non-hydrogen) atoms. The van der Waals surface area contributed by atoms with E-state index in [1.165, 1.54) is 0 Å². The fourth-order valence-electron chi connectivity index (χ4n) is 2.35. The van der Waals surface area contributed by atoms with Gasteiger partial charge in [0.15, 0.2) is 0 Å². The second kappa shape index (κ2) is 2.76. The van der Waals surface area contributed by atoms with Crippen molar-refractivity contribution in [2.24, 2.45) is 0 Å². The van der Waals surface area contributed by atoms with E-state index < -0.39 is 5.60 Å². The maximum Gasteiger partial charge on any atom is 0.0805 e. The number of terminal acetylenes is 1. The molecule has 2 heteroatoms. The van der Waals surface area contributed by atoms with Crippen LogP contribution >= 0.6 is 0 Å². The summed E-state index contributed by atoms with van der Waals surface area (Å²) in [6.07, 6.45) is 9.86. The third-order valence-corrected chi connectivity index (χ3v) is 2.84. The first-order valence-corrected chi connectivity index (χ1v) is 4.53. The number of hydrogen-bond acceptors (Lipinski definition) is 2. The van der Waals surface area contributed by atoms with Crippen molar-refractivity contribution < 1.29 is 9.84 Å². The third kappa shape index (κ3) is 1.35. The summed E-state index contributed by atoms with van der Waals surface area (Å²) in [5, 5.41) is 10.0. The fourth-order valence-corrected chi connectivity index (χ4v) is 2.35. The van der Waals surface area contributed by atoms with E-state index in [1.807, 2.05) is 0 Å². The number of aliphatic hydroxyl groups is 1. The molecule has 2 fully saturated rings. The zero-order valence-corrected chi connectivity index (χ0v) is 7.12. The minimum atomic E-state index is -0.626. The second-order valence-corrected chi connectivity index (χ2v) is 3.97. The Labute approximate surface area is 72.9 Å². The number of fused-ring (bicyclic) bond motifs is 2. The Morgan fingerprint density at radius 3 is 2.50 bits per heavy atom. The van der Waals surface area contributed by atoms with Crippen LogP contribution in [0.25, 0.3) is 0 Å². The quantitative estimate of drug-likeness (QED) is 0.591. The molecular weight excluding hydrogens is 152 g/mol. The molecular formula is C10H14O2. The molecule has 0 aromatic rings. The van der Waals surface area contributed by atoms with Gasteiger partial charge in [-0.1, -0.05) is 0 Å². The summed E-state index contributed by atoms with van der Waals surface area (Å²) in [6.45, 7) is 0. The molecule has 2 rings (SSSR count). The van der Waals surface area contributed by atoms with Crippen molar-refractivity contribution in [3.63, 3.8) is 0 Å². The highest BCUT2D eigenvalue weighted by Crippen LogP contribution is 2.39. The maximum atomic E-state index is 10.0. The van der Waals surface area contributed by atoms with Gasteiger partial charge in [-0.05, 0) is 12.8 Å². The second-order valence-electron chi connectivity index (χ2n) is 3.97. The molecule has 0 spiro atoms. The highest BCUT2D eigenvalue weighted by molar-refractivity contribution is 5.01. The zero-order chi connectivity index (χ0) is 8.60. The minimum Gasteiger partial charge on any atom is -0.389 e. The van der Waals surface area contributed by atoms with E-state index in [4.69, 9.17) is 11.2 Å². The maximum absolute atomic E-state index is 10.0. The number of ether oxygens (including phenoxy) is 1. The van der Waals surface area contributed by atoms with Crippen LogP contribution in [0.5, 0.6) is 0 Å². The van der Waals surface area contributed by atoms with Gasteiger partial charge in [0.2, 0.25) is 0 Å². The van der Waals surface area contributed by atoms with Crippen LogP contribution in [0.15, 0.2) is 0 Å². The van der Waals surface area contributed by atoms with Crippen LogP contribution in [0.3, 0.4) is 0 Å². The van der Waals surface area contributed by atoms with Crippen LogP contribution in [0, 0.1) is 12.3 Å². The van der Waals surface area contributed by atoms with Crippen molar-refractivity contribution in [3.8, 4) is 12.3 Å². The number of rotatable bonds is 1. The van der Waals surface area contributed by atoms with Crippen molar-refractivity contribution >= 4 is 0 Å². The first kappa shape index (κ1) is 8.10. The summed E-state index contributed by atoms with van der Waals surface area (Å²) in [6, 6.07) is 0. The van der Waals surface area contributed by atoms with Gasteiger partial charge in [-0.2, -0.15) is 0 Å². The average Bonchev–Trinajstić information content (AvgIpc) is 2.31. The molecule has 0 aliphatic carbocycles. The van der Waals surface area contributed by atoms with E-state index in [-0.39, 0.29) is 12.2 Å². The van der Waals surface area contributed by atoms with Crippen molar-refractivity contribution in [1.29, 1.82) is 0 Å². The topological polar surface area (TPSA) is 29.5 Å². The summed E-state index contributed by atoms with van der Waals surface area (Å²) in [4.78, 5) is 0. The van der Waals surface area contributed by atoms with Crippen LogP contribution < -0.4 is 0 Å². The zero-order valence-electron chi connectivity index (χ0n) is 7.12. The summed E-state index contributed by atoms with van der Waals surface area (Å²) in [5.74, 6) is 2.54. The lowest BCUT2D eigenvalue weighted by Gasteiger charge is -2.35. The molecule has 0 amide bonds. The molecule has 2 aliphatic rings. The normalized spacial score (nSPS) is 45.7. The van der Waals surface area contributed by atoms with Crippen LogP contribution in [0.1, 0.15) is 32.1 Å². The van der Waals surface area contributed by atoms with E-state index in [1.54, 1.807) is 0 Å². The lowest BCUT2D eigenvalue weighted by atomic mass is 9.87. The standard InChI is InChI=1S/C10H14O2/c1-2-5-10(11)6-8-3-4-9(7-10)12-8/h1,8-9,11H,3-7H2. The molecule has 66 valence electrons. The van der Waals surface area contributed by atoms with Crippen LogP contribution in [0.4, 0.5) is 0 Å². The Morgan fingerprint density at radius 2 is 2.00 bits per heavy atom. The van der Waals surface area contributed by atoms with Crippen LogP contribution in [-0.2, 0) is 4.74 Å². The molecule has 2 nitrogen and oxygen atoms in total. The van der Waals surface area contributed by atoms with Gasteiger partial charge in [0.25, 0.3) is 0 Å². The van der Waals surface area contributed by atoms with Gasteiger partial charge in [-0.25, -0.2) is 0 Å². The van der Waals surface area contributed by atoms with Gasteiger partial charge < -0.3 is 9.84 Å². The van der Waals surface area contributed by atoms with Crippen molar-refractivity contribution in [3.05, 3.63) is 0 Å². The molecule has 0 aromatic heterocycles. The highest BCUT2D eigenvalue weighted by Gasteiger charge is 2.42. The van der Waals surface area contributed by atoms with Gasteiger partial charge in [-0.3, -0.25) is 0 Å². The fraction of sp³-hybridized carbons (Fsp3) is 0.800. The van der Waals surface area contributed by atoms with E-state index in [9.17, 15) is 5.11 Å². The third-order valence-electron chi connectivity index (χ3n) is 2.84. The van der Waals surface area contributed by atoms with Gasteiger partial charge >= 0.3 is 0 Å². The molecule has 0 saturated carbocycles. The molecule has 2 atom stereocenters. The van der Waals surface area contributed by atoms with E-state index in [0.29, 0.717) is 6.42 Å². The van der Waals surface area contributed by atoms with Crippen molar-refractivity contribution in [2.45, 2.75) is 49.9 Å². The Morgan fingerprint density at radius 1 is 1.42 bits per heavy atom. The largest absolute Gasteiger partial charge is 0.389 e. The number of hydrogen-bond donors (Lipinski definition) is 1. The summed E-state index contributed by atoms with van der Waals surface area (Å²) >= 11 is 0. The Kier molecular flexibility index (Phi) is 1.86. The lowest BCUT2D eigenvalue weighted by molar-refractivity contribution is -0.108. The molecule has 0 aromatic carbocycles. The van der Waals surface area contributed by atoms with Crippen LogP contribution in [0.2, 0.25) is 0 Å². The van der Waals surface area contributed by atoms with Gasteiger partial charge in [0.1, 0.15) is 0 Å². The molecule has 2 unspecified atom stereocenters. The van der Waals surface area contributed by atoms with E-state index in [0.717, 1.165) is 25.7 Å².